The van der Waals surface area contributed by atoms with Crippen LogP contribution in [0, 0.1) is 5.82 Å². The third kappa shape index (κ3) is 3.62. The van der Waals surface area contributed by atoms with Gasteiger partial charge in [-0.05, 0) is 50.5 Å². The largest absolute Gasteiger partial charge is 0.435 e. The molecule has 1 heterocycles. The summed E-state index contributed by atoms with van der Waals surface area (Å²) in [5.74, 6) is -0.802. The zero-order chi connectivity index (χ0) is 18.7. The van der Waals surface area contributed by atoms with Crippen LogP contribution in [0.5, 0.6) is 0 Å². The number of ketones is 1. The van der Waals surface area contributed by atoms with E-state index in [9.17, 15) is 14.0 Å². The van der Waals surface area contributed by atoms with Crippen LogP contribution in [0.15, 0.2) is 40.8 Å². The van der Waals surface area contributed by atoms with E-state index in [-0.39, 0.29) is 29.1 Å². The molecule has 0 atom stereocenters. The number of benzene rings is 2. The van der Waals surface area contributed by atoms with Gasteiger partial charge in [0.2, 0.25) is 11.7 Å². The third-order valence-corrected chi connectivity index (χ3v) is 3.88. The Morgan fingerprint density at radius 3 is 2.62 bits per heavy atom. The molecule has 3 aromatic rings. The molecule has 134 valence electrons. The number of carbonyl (C=O) groups excluding carboxylic acids is 2. The van der Waals surface area contributed by atoms with Crippen molar-refractivity contribution in [3.63, 3.8) is 0 Å². The van der Waals surface area contributed by atoms with Crippen molar-refractivity contribution >= 4 is 28.9 Å². The molecule has 0 fully saturated rings. The Hall–Kier alpha value is -3.06. The lowest BCUT2D eigenvalue weighted by Crippen LogP contribution is -2.21. The molecule has 1 aromatic heterocycles. The van der Waals surface area contributed by atoms with Crippen LogP contribution in [-0.2, 0) is 4.79 Å². The summed E-state index contributed by atoms with van der Waals surface area (Å²) >= 11 is 0. The monoisotopic (exact) mass is 355 g/mol. The van der Waals surface area contributed by atoms with Gasteiger partial charge < -0.3 is 14.6 Å². The summed E-state index contributed by atoms with van der Waals surface area (Å²) in [6.07, 6.45) is 0.256. The fourth-order valence-electron chi connectivity index (χ4n) is 2.57. The lowest BCUT2D eigenvalue weighted by molar-refractivity contribution is -0.104. The summed E-state index contributed by atoms with van der Waals surface area (Å²) in [4.78, 5) is 29.6. The molecule has 6 nitrogen and oxygen atoms in total. The van der Waals surface area contributed by atoms with E-state index in [4.69, 9.17) is 4.42 Å². The molecule has 0 saturated heterocycles. The second-order valence-corrected chi connectivity index (χ2v) is 6.07. The van der Waals surface area contributed by atoms with Gasteiger partial charge in [0.1, 0.15) is 11.3 Å². The Bertz CT molecular complexity index is 949. The molecule has 0 aliphatic carbocycles. The first-order valence-corrected chi connectivity index (χ1v) is 8.07. The Kier molecular flexibility index (Phi) is 5.09. The molecular weight excluding hydrogens is 337 g/mol. The number of hydrogen-bond acceptors (Lipinski definition) is 6. The number of anilines is 1. The zero-order valence-corrected chi connectivity index (χ0v) is 14.5. The number of hydrogen-bond donors (Lipinski definition) is 1. The van der Waals surface area contributed by atoms with E-state index in [1.165, 1.54) is 24.3 Å². The van der Waals surface area contributed by atoms with Gasteiger partial charge in [-0.2, -0.15) is 0 Å². The average molecular weight is 355 g/mol. The topological polar surface area (TPSA) is 75.4 Å². The van der Waals surface area contributed by atoms with Gasteiger partial charge >= 0.3 is 0 Å². The van der Waals surface area contributed by atoms with Gasteiger partial charge in [-0.15, -0.1) is 0 Å². The van der Waals surface area contributed by atoms with Gasteiger partial charge in [0.25, 0.3) is 0 Å². The van der Waals surface area contributed by atoms with Crippen molar-refractivity contribution in [2.45, 2.75) is 0 Å². The van der Waals surface area contributed by atoms with Crippen LogP contribution >= 0.6 is 0 Å². The minimum Gasteiger partial charge on any atom is -0.435 e. The van der Waals surface area contributed by atoms with Gasteiger partial charge in [0.05, 0.1) is 5.56 Å². The predicted molar refractivity (Wildman–Crippen MR) is 96.8 cm³/mol. The number of halogens is 1. The Morgan fingerprint density at radius 1 is 1.23 bits per heavy atom. The first-order chi connectivity index (χ1) is 12.5. The van der Waals surface area contributed by atoms with Crippen LogP contribution in [0.2, 0.25) is 0 Å². The van der Waals surface area contributed by atoms with Crippen molar-refractivity contribution in [3.8, 4) is 11.5 Å². The number of nitrogens with one attached hydrogen (secondary N) is 1. The predicted octanol–water partition coefficient (Wildman–Crippen LogP) is 2.99. The summed E-state index contributed by atoms with van der Waals surface area (Å²) in [6.45, 7) is 1.35. The van der Waals surface area contributed by atoms with Crippen LogP contribution < -0.4 is 5.32 Å². The first kappa shape index (κ1) is 17.8. The van der Waals surface area contributed by atoms with E-state index in [1.807, 2.05) is 19.0 Å². The summed E-state index contributed by atoms with van der Waals surface area (Å²) in [6, 6.07) is 9.10. The highest BCUT2D eigenvalue weighted by molar-refractivity contribution is 6.37. The summed E-state index contributed by atoms with van der Waals surface area (Å²) < 4.78 is 18.9. The van der Waals surface area contributed by atoms with Crippen LogP contribution in [-0.4, -0.2) is 49.1 Å². The van der Waals surface area contributed by atoms with Gasteiger partial charge in [-0.1, -0.05) is 0 Å². The van der Waals surface area contributed by atoms with Crippen molar-refractivity contribution in [2.75, 3.05) is 32.5 Å². The third-order valence-electron chi connectivity index (χ3n) is 3.88. The minimum absolute atomic E-state index is 0.150. The van der Waals surface area contributed by atoms with Crippen LogP contribution in [0.25, 0.3) is 22.6 Å². The molecule has 0 bridgehead atoms. The van der Waals surface area contributed by atoms with Gasteiger partial charge in [0.15, 0.2) is 11.9 Å². The second kappa shape index (κ2) is 7.45. The molecule has 0 spiro atoms. The summed E-state index contributed by atoms with van der Waals surface area (Å²) in [7, 11) is 3.88. The molecule has 0 saturated carbocycles. The molecule has 0 aliphatic heterocycles. The maximum Gasteiger partial charge on any atom is 0.231 e. The molecule has 0 radical (unpaired) electrons. The van der Waals surface area contributed by atoms with Crippen molar-refractivity contribution < 1.29 is 18.4 Å². The number of nitrogens with zero attached hydrogens (tertiary/aromatic N) is 2. The number of Topliss-reactive ketones (excluding diaryl/α,β-unsaturated/α-hetero) is 1. The lowest BCUT2D eigenvalue weighted by Gasteiger charge is -2.13. The number of likely N-dealkylation sites (N-methyl/N-ethyl adjacent to an activating group) is 1. The standard InChI is InChI=1S/C19H18FN3O3/c1-23(2)10-9-21-14-7-8-15-18(17(14)16(25)11-24)26-19(22-15)12-3-5-13(20)6-4-12/h3-8,11,21H,9-10H2,1-2H3. The lowest BCUT2D eigenvalue weighted by atomic mass is 10.1. The smallest absolute Gasteiger partial charge is 0.231 e. The molecule has 3 rings (SSSR count). The summed E-state index contributed by atoms with van der Waals surface area (Å²) in [5, 5.41) is 3.15. The van der Waals surface area contributed by atoms with Gasteiger partial charge in [-0.3, -0.25) is 9.59 Å². The fourth-order valence-corrected chi connectivity index (χ4v) is 2.57. The highest BCUT2D eigenvalue weighted by Crippen LogP contribution is 2.31. The Balaban J connectivity index is 2.05. The van der Waals surface area contributed by atoms with Gasteiger partial charge in [0, 0.05) is 24.3 Å². The molecule has 26 heavy (non-hydrogen) atoms. The molecule has 0 amide bonds. The van der Waals surface area contributed by atoms with Crippen LogP contribution in [0.4, 0.5) is 10.1 Å². The Morgan fingerprint density at radius 2 is 1.96 bits per heavy atom. The molecule has 0 unspecified atom stereocenters. The minimum atomic E-state index is -0.690. The fraction of sp³-hybridized carbons (Fsp3) is 0.211. The average Bonchev–Trinajstić information content (AvgIpc) is 3.05. The van der Waals surface area contributed by atoms with E-state index < -0.39 is 5.78 Å². The van der Waals surface area contributed by atoms with Crippen LogP contribution in [0.1, 0.15) is 10.4 Å². The number of fused-ring (bicyclic) bond motifs is 1. The molecule has 2 aromatic carbocycles. The van der Waals surface area contributed by atoms with Crippen molar-refractivity contribution in [1.82, 2.24) is 9.88 Å². The van der Waals surface area contributed by atoms with E-state index >= 15 is 0 Å². The van der Waals surface area contributed by atoms with E-state index in [2.05, 4.69) is 10.3 Å². The second-order valence-electron chi connectivity index (χ2n) is 6.07. The summed E-state index contributed by atoms with van der Waals surface area (Å²) in [5.41, 5.74) is 1.92. The highest BCUT2D eigenvalue weighted by Gasteiger charge is 2.20. The first-order valence-electron chi connectivity index (χ1n) is 8.07. The SMILES string of the molecule is CN(C)CCNc1ccc2nc(-c3ccc(F)cc3)oc2c1C(=O)C=O. The quantitative estimate of drug-likeness (QED) is 0.399. The molecular formula is C19H18FN3O3. The van der Waals surface area contributed by atoms with Crippen LogP contribution in [0.3, 0.4) is 0 Å². The van der Waals surface area contributed by atoms with E-state index in [0.29, 0.717) is 23.3 Å². The number of aldehydes is 1. The van der Waals surface area contributed by atoms with Crippen molar-refractivity contribution in [1.29, 1.82) is 0 Å². The van der Waals surface area contributed by atoms with E-state index in [1.54, 1.807) is 12.1 Å². The van der Waals surface area contributed by atoms with E-state index in [0.717, 1.165) is 6.54 Å². The molecule has 1 N–H and O–H groups in total. The normalized spacial score (nSPS) is 11.1. The van der Waals surface area contributed by atoms with Gasteiger partial charge in [-0.25, -0.2) is 9.37 Å². The number of carbonyl (C=O) groups is 2. The highest BCUT2D eigenvalue weighted by atomic mass is 19.1. The molecule has 7 heteroatoms. The maximum atomic E-state index is 13.1. The maximum absolute atomic E-state index is 13.1. The molecule has 0 aliphatic rings. The number of oxazole rings is 1. The van der Waals surface area contributed by atoms with Crippen molar-refractivity contribution in [2.24, 2.45) is 0 Å². The number of rotatable bonds is 7. The zero-order valence-electron chi connectivity index (χ0n) is 14.5. The Labute approximate surface area is 149 Å². The number of aromatic nitrogens is 1. The van der Waals surface area contributed by atoms with Crippen molar-refractivity contribution in [3.05, 3.63) is 47.8 Å².